The highest BCUT2D eigenvalue weighted by atomic mass is 79.9. The maximum Gasteiger partial charge on any atom is 0.344 e. The highest BCUT2D eigenvalue weighted by Crippen LogP contribution is 2.26. The van der Waals surface area contributed by atoms with E-state index in [-0.39, 0.29) is 25.6 Å². The zero-order valence-corrected chi connectivity index (χ0v) is 10.8. The van der Waals surface area contributed by atoms with Crippen molar-refractivity contribution in [1.29, 1.82) is 0 Å². The first-order valence-corrected chi connectivity index (χ1v) is 5.75. The third-order valence-electron chi connectivity index (χ3n) is 1.92. The highest BCUT2D eigenvalue weighted by Gasteiger charge is 2.11. The van der Waals surface area contributed by atoms with Gasteiger partial charge in [-0.05, 0) is 24.6 Å². The molecule has 1 N–H and O–H groups in total. The number of aliphatic hydroxyl groups is 1. The summed E-state index contributed by atoms with van der Waals surface area (Å²) in [5.74, 6) is -1.27. The molecule has 0 spiro atoms. The third-order valence-corrected chi connectivity index (χ3v) is 2.66. The normalized spacial score (nSPS) is 10.1. The molecule has 6 heteroatoms. The molecule has 4 nitrogen and oxygen atoms in total. The number of carbonyl (C=O) groups is 1. The minimum atomic E-state index is -0.637. The van der Waals surface area contributed by atoms with Crippen LogP contribution < -0.4 is 4.74 Å². The van der Waals surface area contributed by atoms with E-state index < -0.39 is 11.8 Å². The second-order valence-corrected chi connectivity index (χ2v) is 3.98. The molecule has 0 aliphatic carbocycles. The van der Waals surface area contributed by atoms with Crippen molar-refractivity contribution in [3.05, 3.63) is 28.0 Å². The van der Waals surface area contributed by atoms with E-state index in [0.29, 0.717) is 10.0 Å². The number of rotatable bonds is 5. The molecule has 1 rings (SSSR count). The van der Waals surface area contributed by atoms with Gasteiger partial charge in [0.1, 0.15) is 0 Å². The van der Waals surface area contributed by atoms with Gasteiger partial charge >= 0.3 is 5.97 Å². The molecule has 94 valence electrons. The molecule has 0 fully saturated rings. The van der Waals surface area contributed by atoms with Crippen molar-refractivity contribution in [3.8, 4) is 5.75 Å². The van der Waals surface area contributed by atoms with Gasteiger partial charge in [-0.2, -0.15) is 0 Å². The number of ether oxygens (including phenoxy) is 2. The van der Waals surface area contributed by atoms with Crippen LogP contribution in [0, 0.1) is 5.82 Å². The molecule has 17 heavy (non-hydrogen) atoms. The molecule has 0 radical (unpaired) electrons. The van der Waals surface area contributed by atoms with Crippen LogP contribution >= 0.6 is 15.9 Å². The maximum atomic E-state index is 13.4. The van der Waals surface area contributed by atoms with E-state index in [2.05, 4.69) is 20.7 Å². The molecule has 0 atom stereocenters. The van der Waals surface area contributed by atoms with Crippen molar-refractivity contribution in [2.45, 2.75) is 13.5 Å². The van der Waals surface area contributed by atoms with Crippen molar-refractivity contribution < 1.29 is 23.8 Å². The minimum absolute atomic E-state index is 0.0675. The standard InChI is InChI=1S/C11H12BrFO4/c1-2-16-11(15)6-17-10-4-8(12)7(5-14)3-9(10)13/h3-4,14H,2,5-6H2,1H3. The zero-order chi connectivity index (χ0) is 12.8. The van der Waals surface area contributed by atoms with E-state index in [4.69, 9.17) is 9.84 Å². The first-order chi connectivity index (χ1) is 8.08. The fourth-order valence-corrected chi connectivity index (χ4v) is 1.59. The lowest BCUT2D eigenvalue weighted by atomic mass is 10.2. The summed E-state index contributed by atoms with van der Waals surface area (Å²) in [6, 6.07) is 2.50. The van der Waals surface area contributed by atoms with Crippen LogP contribution in [-0.4, -0.2) is 24.3 Å². The summed E-state index contributed by atoms with van der Waals surface area (Å²) in [4.78, 5) is 11.0. The van der Waals surface area contributed by atoms with E-state index in [1.807, 2.05) is 0 Å². The Morgan fingerprint density at radius 3 is 2.82 bits per heavy atom. The molecule has 0 aliphatic rings. The Morgan fingerprint density at radius 2 is 2.24 bits per heavy atom. The van der Waals surface area contributed by atoms with Gasteiger partial charge in [0.15, 0.2) is 18.2 Å². The average molecular weight is 307 g/mol. The van der Waals surface area contributed by atoms with Crippen LogP contribution in [0.1, 0.15) is 12.5 Å². The molecular weight excluding hydrogens is 295 g/mol. The molecule has 0 amide bonds. The number of aliphatic hydroxyl groups excluding tert-OH is 1. The Hall–Kier alpha value is -1.14. The molecule has 1 aromatic rings. The number of esters is 1. The predicted octanol–water partition coefficient (Wildman–Crippen LogP) is 2.02. The Morgan fingerprint density at radius 1 is 1.53 bits per heavy atom. The first kappa shape index (κ1) is 13.9. The van der Waals surface area contributed by atoms with Crippen LogP contribution in [0.4, 0.5) is 4.39 Å². The lowest BCUT2D eigenvalue weighted by Gasteiger charge is -2.09. The Labute approximate surface area is 106 Å². The summed E-state index contributed by atoms with van der Waals surface area (Å²) >= 11 is 3.16. The van der Waals surface area contributed by atoms with Gasteiger partial charge < -0.3 is 14.6 Å². The quantitative estimate of drug-likeness (QED) is 0.846. The molecule has 0 bridgehead atoms. The van der Waals surface area contributed by atoms with E-state index in [9.17, 15) is 9.18 Å². The SMILES string of the molecule is CCOC(=O)COc1cc(Br)c(CO)cc1F. The first-order valence-electron chi connectivity index (χ1n) is 4.95. The second-order valence-electron chi connectivity index (χ2n) is 3.13. The average Bonchev–Trinajstić information content (AvgIpc) is 2.30. The molecule has 0 aromatic heterocycles. The van der Waals surface area contributed by atoms with Crippen LogP contribution in [0.5, 0.6) is 5.75 Å². The highest BCUT2D eigenvalue weighted by molar-refractivity contribution is 9.10. The van der Waals surface area contributed by atoms with Crippen molar-refractivity contribution >= 4 is 21.9 Å². The molecule has 0 heterocycles. The van der Waals surface area contributed by atoms with Crippen LogP contribution in [-0.2, 0) is 16.1 Å². The lowest BCUT2D eigenvalue weighted by Crippen LogP contribution is -2.15. The van der Waals surface area contributed by atoms with Gasteiger partial charge in [0.05, 0.1) is 13.2 Å². The summed E-state index contributed by atoms with van der Waals surface area (Å²) in [7, 11) is 0. The third kappa shape index (κ3) is 3.98. The fraction of sp³-hybridized carbons (Fsp3) is 0.364. The van der Waals surface area contributed by atoms with Gasteiger partial charge in [-0.15, -0.1) is 0 Å². The van der Waals surface area contributed by atoms with Gasteiger partial charge in [-0.3, -0.25) is 0 Å². The van der Waals surface area contributed by atoms with Crippen molar-refractivity contribution in [3.63, 3.8) is 0 Å². The maximum absolute atomic E-state index is 13.4. The summed E-state index contributed by atoms with van der Waals surface area (Å²) in [6.07, 6.45) is 0. The molecule has 0 unspecified atom stereocenters. The monoisotopic (exact) mass is 306 g/mol. The van der Waals surface area contributed by atoms with E-state index in [0.717, 1.165) is 6.07 Å². The van der Waals surface area contributed by atoms with E-state index in [1.165, 1.54) is 6.07 Å². The summed E-state index contributed by atoms with van der Waals surface area (Å²) in [5.41, 5.74) is 0.408. The van der Waals surface area contributed by atoms with Gasteiger partial charge in [0.2, 0.25) is 0 Å². The van der Waals surface area contributed by atoms with Crippen molar-refractivity contribution in [2.75, 3.05) is 13.2 Å². The van der Waals surface area contributed by atoms with Gasteiger partial charge in [0.25, 0.3) is 0 Å². The molecule has 0 saturated heterocycles. The van der Waals surface area contributed by atoms with Crippen LogP contribution in [0.3, 0.4) is 0 Å². The van der Waals surface area contributed by atoms with Gasteiger partial charge in [-0.1, -0.05) is 15.9 Å². The van der Waals surface area contributed by atoms with E-state index >= 15 is 0 Å². The summed E-state index contributed by atoms with van der Waals surface area (Å²) in [5, 5.41) is 8.91. The largest absolute Gasteiger partial charge is 0.479 e. The molecule has 0 aliphatic heterocycles. The topological polar surface area (TPSA) is 55.8 Å². The van der Waals surface area contributed by atoms with Crippen LogP contribution in [0.25, 0.3) is 0 Å². The number of benzene rings is 1. The Kier molecular flexibility index (Phi) is 5.37. The second kappa shape index (κ2) is 6.56. The summed E-state index contributed by atoms with van der Waals surface area (Å²) < 4.78 is 23.6. The zero-order valence-electron chi connectivity index (χ0n) is 9.20. The Bertz CT molecular complexity index is 409. The van der Waals surface area contributed by atoms with E-state index in [1.54, 1.807) is 6.92 Å². The molecule has 0 saturated carbocycles. The lowest BCUT2D eigenvalue weighted by molar-refractivity contribution is -0.145. The molecular formula is C11H12BrFO4. The van der Waals surface area contributed by atoms with Crippen molar-refractivity contribution in [1.82, 2.24) is 0 Å². The van der Waals surface area contributed by atoms with Gasteiger partial charge in [0, 0.05) is 4.47 Å². The number of halogens is 2. The van der Waals surface area contributed by atoms with Crippen LogP contribution in [0.15, 0.2) is 16.6 Å². The van der Waals surface area contributed by atoms with Crippen molar-refractivity contribution in [2.24, 2.45) is 0 Å². The number of carbonyl (C=O) groups excluding carboxylic acids is 1. The summed E-state index contributed by atoms with van der Waals surface area (Å²) in [6.45, 7) is 1.29. The minimum Gasteiger partial charge on any atom is -0.479 e. The smallest absolute Gasteiger partial charge is 0.344 e. The number of hydrogen-bond acceptors (Lipinski definition) is 4. The Balaban J connectivity index is 2.72. The van der Waals surface area contributed by atoms with Crippen LogP contribution in [0.2, 0.25) is 0 Å². The fourth-order valence-electron chi connectivity index (χ4n) is 1.14. The predicted molar refractivity (Wildman–Crippen MR) is 62.2 cm³/mol. The molecule has 1 aromatic carbocycles. The number of hydrogen-bond donors (Lipinski definition) is 1. The van der Waals surface area contributed by atoms with Gasteiger partial charge in [-0.25, -0.2) is 9.18 Å².